The van der Waals surface area contributed by atoms with Crippen LogP contribution in [-0.2, 0) is 0 Å². The molecule has 0 radical (unpaired) electrons. The summed E-state index contributed by atoms with van der Waals surface area (Å²) in [6, 6.07) is 15.8. The molecule has 25 heavy (non-hydrogen) atoms. The van der Waals surface area contributed by atoms with Gasteiger partial charge < -0.3 is 14.4 Å². The highest BCUT2D eigenvalue weighted by atomic mass is 16.5. The second-order valence-corrected chi connectivity index (χ2v) is 5.31. The van der Waals surface area contributed by atoms with Crippen molar-refractivity contribution in [1.82, 2.24) is 10.1 Å². The summed E-state index contributed by atoms with van der Waals surface area (Å²) in [6.07, 6.45) is -1.00. The van der Waals surface area contributed by atoms with Crippen molar-refractivity contribution in [2.45, 2.75) is 6.10 Å². The molecule has 0 bridgehead atoms. The molecule has 6 nitrogen and oxygen atoms in total. The Morgan fingerprint density at radius 2 is 1.88 bits per heavy atom. The van der Waals surface area contributed by atoms with E-state index in [-0.39, 0.29) is 11.5 Å². The number of nitriles is 1. The van der Waals surface area contributed by atoms with Crippen LogP contribution in [0, 0.1) is 11.3 Å². The molecule has 1 heterocycles. The first-order valence-electron chi connectivity index (χ1n) is 7.48. The van der Waals surface area contributed by atoms with Crippen LogP contribution in [0.3, 0.4) is 0 Å². The molecule has 0 fully saturated rings. The van der Waals surface area contributed by atoms with Crippen molar-refractivity contribution in [2.75, 3.05) is 7.11 Å². The highest BCUT2D eigenvalue weighted by molar-refractivity contribution is 5.64. The summed E-state index contributed by atoms with van der Waals surface area (Å²) in [6.45, 7) is 3.85. The molecule has 3 aromatic rings. The Morgan fingerprint density at radius 1 is 1.20 bits per heavy atom. The number of aliphatic hydroxyl groups is 1. The summed E-state index contributed by atoms with van der Waals surface area (Å²) < 4.78 is 10.3. The van der Waals surface area contributed by atoms with E-state index in [0.717, 1.165) is 11.3 Å². The van der Waals surface area contributed by atoms with Crippen LogP contribution in [0.1, 0.15) is 23.1 Å². The van der Waals surface area contributed by atoms with Crippen molar-refractivity contribution >= 4 is 5.57 Å². The third-order valence-electron chi connectivity index (χ3n) is 3.73. The predicted molar refractivity (Wildman–Crippen MR) is 91.4 cm³/mol. The molecule has 6 heteroatoms. The zero-order chi connectivity index (χ0) is 17.8. The van der Waals surface area contributed by atoms with Gasteiger partial charge in [0.1, 0.15) is 11.9 Å². The van der Waals surface area contributed by atoms with Crippen LogP contribution in [0.25, 0.3) is 17.0 Å². The van der Waals surface area contributed by atoms with Gasteiger partial charge in [0.25, 0.3) is 5.89 Å². The number of nitrogens with zero attached hydrogens (tertiary/aromatic N) is 3. The fourth-order valence-electron chi connectivity index (χ4n) is 2.27. The lowest BCUT2D eigenvalue weighted by Crippen LogP contribution is -2.00. The molecule has 0 aliphatic rings. The van der Waals surface area contributed by atoms with Crippen molar-refractivity contribution in [3.8, 4) is 23.2 Å². The largest absolute Gasteiger partial charge is 0.497 e. The van der Waals surface area contributed by atoms with Gasteiger partial charge in [-0.1, -0.05) is 23.9 Å². The smallest absolute Gasteiger partial charge is 0.256 e. The van der Waals surface area contributed by atoms with Gasteiger partial charge in [-0.3, -0.25) is 0 Å². The molecule has 2 aromatic carbocycles. The van der Waals surface area contributed by atoms with Gasteiger partial charge in [0.2, 0.25) is 5.82 Å². The van der Waals surface area contributed by atoms with Gasteiger partial charge in [0.15, 0.2) is 0 Å². The third kappa shape index (κ3) is 3.42. The lowest BCUT2D eigenvalue weighted by Gasteiger charge is -2.10. The number of hydrogen-bond donors (Lipinski definition) is 1. The molecule has 1 unspecified atom stereocenters. The quantitative estimate of drug-likeness (QED) is 0.769. The lowest BCUT2D eigenvalue weighted by atomic mass is 10.0. The number of rotatable bonds is 5. The van der Waals surface area contributed by atoms with Crippen molar-refractivity contribution in [3.63, 3.8) is 0 Å². The Labute approximate surface area is 144 Å². The van der Waals surface area contributed by atoms with Crippen LogP contribution in [0.15, 0.2) is 59.6 Å². The SMILES string of the molecule is C=C(c1nc(-c2ccc(OC)cc2)no1)C(O)c1ccc(C#N)cc1. The van der Waals surface area contributed by atoms with Gasteiger partial charge in [-0.25, -0.2) is 0 Å². The molecular formula is C19H15N3O3. The number of methoxy groups -OCH3 is 1. The van der Waals surface area contributed by atoms with Crippen LogP contribution in [-0.4, -0.2) is 22.4 Å². The maximum atomic E-state index is 10.4. The van der Waals surface area contributed by atoms with Gasteiger partial charge in [0, 0.05) is 11.1 Å². The van der Waals surface area contributed by atoms with E-state index in [9.17, 15) is 5.11 Å². The Balaban J connectivity index is 1.80. The molecule has 124 valence electrons. The predicted octanol–water partition coefficient (Wildman–Crippen LogP) is 3.36. The highest BCUT2D eigenvalue weighted by Gasteiger charge is 2.19. The first kappa shape index (κ1) is 16.4. The summed E-state index contributed by atoms with van der Waals surface area (Å²) in [5.41, 5.74) is 2.16. The maximum absolute atomic E-state index is 10.4. The fraction of sp³-hybridized carbons (Fsp3) is 0.105. The molecular weight excluding hydrogens is 318 g/mol. The zero-order valence-corrected chi connectivity index (χ0v) is 13.5. The second kappa shape index (κ2) is 6.99. The standard InChI is InChI=1S/C19H15N3O3/c1-12(17(23)14-5-3-13(11-20)4-6-14)19-21-18(22-25-19)15-7-9-16(24-2)10-8-15/h3-10,17,23H,1H2,2H3. The summed E-state index contributed by atoms with van der Waals surface area (Å²) in [4.78, 5) is 4.29. The average molecular weight is 333 g/mol. The van der Waals surface area contributed by atoms with Gasteiger partial charge in [-0.05, 0) is 42.0 Å². The Kier molecular flexibility index (Phi) is 4.59. The molecule has 1 N–H and O–H groups in total. The van der Waals surface area contributed by atoms with E-state index in [0.29, 0.717) is 17.0 Å². The van der Waals surface area contributed by atoms with E-state index in [1.165, 1.54) is 0 Å². The van der Waals surface area contributed by atoms with E-state index >= 15 is 0 Å². The van der Waals surface area contributed by atoms with E-state index in [1.807, 2.05) is 18.2 Å². The van der Waals surface area contributed by atoms with Crippen LogP contribution in [0.4, 0.5) is 0 Å². The normalized spacial score (nSPS) is 11.6. The number of aromatic nitrogens is 2. The fourth-order valence-corrected chi connectivity index (χ4v) is 2.27. The van der Waals surface area contributed by atoms with Crippen molar-refractivity contribution in [3.05, 3.63) is 72.1 Å². The van der Waals surface area contributed by atoms with E-state index in [4.69, 9.17) is 14.5 Å². The molecule has 0 spiro atoms. The average Bonchev–Trinajstić information content (AvgIpc) is 3.17. The summed E-state index contributed by atoms with van der Waals surface area (Å²) in [5.74, 6) is 1.28. The molecule has 0 saturated heterocycles. The van der Waals surface area contributed by atoms with Crippen LogP contribution in [0.5, 0.6) is 5.75 Å². The Hall–Kier alpha value is -3.43. The molecule has 1 atom stereocenters. The zero-order valence-electron chi connectivity index (χ0n) is 13.5. The highest BCUT2D eigenvalue weighted by Crippen LogP contribution is 2.29. The van der Waals surface area contributed by atoms with E-state index < -0.39 is 6.10 Å². The molecule has 1 aromatic heterocycles. The Morgan fingerprint density at radius 3 is 2.48 bits per heavy atom. The summed E-state index contributed by atoms with van der Waals surface area (Å²) >= 11 is 0. The van der Waals surface area contributed by atoms with Crippen molar-refractivity contribution < 1.29 is 14.4 Å². The van der Waals surface area contributed by atoms with Gasteiger partial charge >= 0.3 is 0 Å². The van der Waals surface area contributed by atoms with Gasteiger partial charge in [-0.15, -0.1) is 0 Å². The van der Waals surface area contributed by atoms with Crippen LogP contribution in [0.2, 0.25) is 0 Å². The molecule has 0 aliphatic carbocycles. The number of benzene rings is 2. The molecule has 0 saturated carbocycles. The van der Waals surface area contributed by atoms with E-state index in [1.54, 1.807) is 43.5 Å². The minimum atomic E-state index is -1.00. The lowest BCUT2D eigenvalue weighted by molar-refractivity contribution is 0.233. The van der Waals surface area contributed by atoms with E-state index in [2.05, 4.69) is 16.7 Å². The van der Waals surface area contributed by atoms with Crippen molar-refractivity contribution in [2.24, 2.45) is 0 Å². The topological polar surface area (TPSA) is 92.2 Å². The first-order valence-corrected chi connectivity index (χ1v) is 7.48. The minimum absolute atomic E-state index is 0.155. The first-order chi connectivity index (χ1) is 12.1. The maximum Gasteiger partial charge on any atom is 0.256 e. The molecule has 0 aliphatic heterocycles. The molecule has 0 amide bonds. The van der Waals surface area contributed by atoms with Gasteiger partial charge in [-0.2, -0.15) is 10.2 Å². The van der Waals surface area contributed by atoms with Crippen molar-refractivity contribution in [1.29, 1.82) is 5.26 Å². The van der Waals surface area contributed by atoms with Crippen LogP contribution < -0.4 is 4.74 Å². The molecule has 3 rings (SSSR count). The number of ether oxygens (including phenoxy) is 1. The monoisotopic (exact) mass is 333 g/mol. The summed E-state index contributed by atoms with van der Waals surface area (Å²) in [5, 5.41) is 23.2. The number of hydrogen-bond acceptors (Lipinski definition) is 6. The number of aliphatic hydroxyl groups excluding tert-OH is 1. The van der Waals surface area contributed by atoms with Gasteiger partial charge in [0.05, 0.1) is 18.7 Å². The minimum Gasteiger partial charge on any atom is -0.497 e. The Bertz CT molecular complexity index is 922. The third-order valence-corrected chi connectivity index (χ3v) is 3.73. The summed E-state index contributed by atoms with van der Waals surface area (Å²) in [7, 11) is 1.59. The van der Waals surface area contributed by atoms with Crippen LogP contribution >= 0.6 is 0 Å². The second-order valence-electron chi connectivity index (χ2n) is 5.31.